The van der Waals surface area contributed by atoms with Crippen LogP contribution in [0.4, 0.5) is 0 Å². The van der Waals surface area contributed by atoms with Crippen molar-refractivity contribution < 1.29 is 9.59 Å². The van der Waals surface area contributed by atoms with E-state index >= 15 is 0 Å². The van der Waals surface area contributed by atoms with Crippen LogP contribution in [0.5, 0.6) is 0 Å². The molecule has 5 rings (SSSR count). The van der Waals surface area contributed by atoms with Gasteiger partial charge in [-0.1, -0.05) is 30.3 Å². The number of carbonyl (C=O) groups is 2. The summed E-state index contributed by atoms with van der Waals surface area (Å²) in [7, 11) is 0. The molecule has 0 spiro atoms. The fraction of sp³-hybridized carbons (Fsp3) is 0.214. The van der Waals surface area contributed by atoms with Crippen molar-refractivity contribution >= 4 is 33.9 Å². The van der Waals surface area contributed by atoms with Gasteiger partial charge in [0.1, 0.15) is 11.6 Å². The number of fused-ring (bicyclic) bond motifs is 2. The van der Waals surface area contributed by atoms with E-state index in [1.807, 2.05) is 76.2 Å². The molecule has 182 valence electrons. The quantitative estimate of drug-likeness (QED) is 0.280. The van der Waals surface area contributed by atoms with E-state index in [0.29, 0.717) is 22.8 Å². The minimum absolute atomic E-state index is 0.299. The topological polar surface area (TPSA) is 116 Å². The largest absolute Gasteiger partial charge is 0.340 e. The van der Waals surface area contributed by atoms with Gasteiger partial charge in [0.15, 0.2) is 0 Å². The van der Waals surface area contributed by atoms with E-state index in [2.05, 4.69) is 30.6 Å². The Bertz CT molecular complexity index is 1410. The van der Waals surface area contributed by atoms with Gasteiger partial charge in [-0.15, -0.1) is 0 Å². The van der Waals surface area contributed by atoms with Gasteiger partial charge in [-0.05, 0) is 70.2 Å². The minimum atomic E-state index is -0.752. The molecule has 0 saturated heterocycles. The van der Waals surface area contributed by atoms with Gasteiger partial charge in [0.25, 0.3) is 11.8 Å². The highest BCUT2D eigenvalue weighted by Crippen LogP contribution is 2.23. The fourth-order valence-corrected chi connectivity index (χ4v) is 4.13. The van der Waals surface area contributed by atoms with Crippen molar-refractivity contribution in [2.45, 2.75) is 38.8 Å². The third-order valence-corrected chi connectivity index (χ3v) is 6.20. The van der Waals surface area contributed by atoms with E-state index in [-0.39, 0.29) is 11.8 Å². The van der Waals surface area contributed by atoms with Gasteiger partial charge in [0.05, 0.1) is 33.1 Å². The minimum Gasteiger partial charge on any atom is -0.340 e. The SMILES string of the molecule is CC(C)(NC(=O)c1cccc(C(=O)NC(C)(C)c2nc3ccccc3[nH]2)c1)c1nc2ccccc2[nH]1. The van der Waals surface area contributed by atoms with Crippen LogP contribution >= 0.6 is 0 Å². The number of rotatable bonds is 6. The van der Waals surface area contributed by atoms with Gasteiger partial charge in [-0.2, -0.15) is 0 Å². The number of para-hydroxylation sites is 4. The number of nitrogens with one attached hydrogen (secondary N) is 4. The van der Waals surface area contributed by atoms with Crippen molar-refractivity contribution in [2.75, 3.05) is 0 Å². The Kier molecular flexibility index (Phi) is 5.59. The molecule has 8 nitrogen and oxygen atoms in total. The van der Waals surface area contributed by atoms with Crippen LogP contribution in [0.2, 0.25) is 0 Å². The Morgan fingerprint density at radius 2 is 1.06 bits per heavy atom. The molecular weight excluding hydrogens is 452 g/mol. The Balaban J connectivity index is 1.32. The summed E-state index contributed by atoms with van der Waals surface area (Å²) in [5, 5.41) is 6.05. The normalized spacial score (nSPS) is 12.1. The second-order valence-corrected chi connectivity index (χ2v) is 9.94. The highest BCUT2D eigenvalue weighted by atomic mass is 16.2. The maximum absolute atomic E-state index is 13.1. The molecule has 3 aromatic carbocycles. The first-order valence-corrected chi connectivity index (χ1v) is 11.8. The van der Waals surface area contributed by atoms with Gasteiger partial charge in [0.2, 0.25) is 0 Å². The highest BCUT2D eigenvalue weighted by molar-refractivity contribution is 6.00. The van der Waals surface area contributed by atoms with Gasteiger partial charge in [0, 0.05) is 11.1 Å². The summed E-state index contributed by atoms with van der Waals surface area (Å²) in [4.78, 5) is 42.0. The zero-order valence-corrected chi connectivity index (χ0v) is 20.6. The molecule has 0 bridgehead atoms. The number of amides is 2. The molecule has 2 heterocycles. The maximum Gasteiger partial charge on any atom is 0.252 e. The van der Waals surface area contributed by atoms with Crippen LogP contribution in [-0.2, 0) is 11.1 Å². The summed E-state index contributed by atoms with van der Waals surface area (Å²) in [6, 6.07) is 22.1. The average Bonchev–Trinajstić information content (AvgIpc) is 3.49. The molecule has 0 saturated carbocycles. The molecule has 0 aliphatic heterocycles. The molecule has 36 heavy (non-hydrogen) atoms. The summed E-state index contributed by atoms with van der Waals surface area (Å²) in [6.07, 6.45) is 0. The van der Waals surface area contributed by atoms with Crippen LogP contribution in [-0.4, -0.2) is 31.8 Å². The Labute approximate surface area is 208 Å². The molecule has 4 N–H and O–H groups in total. The summed E-state index contributed by atoms with van der Waals surface area (Å²) in [5.74, 6) is 0.704. The summed E-state index contributed by atoms with van der Waals surface area (Å²) in [5.41, 5.74) is 2.74. The predicted molar refractivity (Wildman–Crippen MR) is 140 cm³/mol. The molecule has 5 aromatic rings. The van der Waals surface area contributed by atoms with Crippen LogP contribution in [0.1, 0.15) is 60.1 Å². The molecule has 0 aliphatic carbocycles. The van der Waals surface area contributed by atoms with E-state index in [4.69, 9.17) is 0 Å². The van der Waals surface area contributed by atoms with Gasteiger partial charge < -0.3 is 20.6 Å². The number of hydrogen-bond donors (Lipinski definition) is 4. The molecule has 0 atom stereocenters. The molecule has 2 aromatic heterocycles. The van der Waals surface area contributed by atoms with Crippen LogP contribution < -0.4 is 10.6 Å². The number of benzene rings is 3. The average molecular weight is 481 g/mol. The number of imidazole rings is 2. The lowest BCUT2D eigenvalue weighted by Gasteiger charge is -2.25. The molecule has 8 heteroatoms. The smallest absolute Gasteiger partial charge is 0.252 e. The lowest BCUT2D eigenvalue weighted by molar-refractivity contribution is 0.0907. The van der Waals surface area contributed by atoms with E-state index in [1.165, 1.54) is 0 Å². The Hall–Kier alpha value is -4.46. The molecule has 0 radical (unpaired) electrons. The molecule has 0 fully saturated rings. The van der Waals surface area contributed by atoms with E-state index in [9.17, 15) is 9.59 Å². The highest BCUT2D eigenvalue weighted by Gasteiger charge is 2.29. The van der Waals surface area contributed by atoms with Crippen LogP contribution in [0.15, 0.2) is 72.8 Å². The first-order chi connectivity index (χ1) is 17.1. The number of aromatic amines is 2. The van der Waals surface area contributed by atoms with Gasteiger partial charge in [-0.25, -0.2) is 9.97 Å². The first-order valence-electron chi connectivity index (χ1n) is 11.8. The number of carbonyl (C=O) groups excluding carboxylic acids is 2. The van der Waals surface area contributed by atoms with Gasteiger partial charge in [-0.3, -0.25) is 9.59 Å². The summed E-state index contributed by atoms with van der Waals surface area (Å²) < 4.78 is 0. The number of nitrogens with zero attached hydrogens (tertiary/aromatic N) is 2. The van der Waals surface area contributed by atoms with Crippen molar-refractivity contribution in [1.29, 1.82) is 0 Å². The zero-order valence-electron chi connectivity index (χ0n) is 20.6. The lowest BCUT2D eigenvalue weighted by Crippen LogP contribution is -2.42. The fourth-order valence-electron chi connectivity index (χ4n) is 4.13. The molecule has 0 unspecified atom stereocenters. The molecule has 0 aliphatic rings. The van der Waals surface area contributed by atoms with Crippen molar-refractivity contribution in [3.8, 4) is 0 Å². The van der Waals surface area contributed by atoms with E-state index in [0.717, 1.165) is 22.1 Å². The Morgan fingerprint density at radius 3 is 1.47 bits per heavy atom. The number of aromatic nitrogens is 4. The predicted octanol–water partition coefficient (Wildman–Crippen LogP) is 4.77. The van der Waals surface area contributed by atoms with Crippen molar-refractivity contribution in [1.82, 2.24) is 30.6 Å². The first kappa shape index (κ1) is 23.3. The van der Waals surface area contributed by atoms with E-state index in [1.54, 1.807) is 24.3 Å². The third-order valence-electron chi connectivity index (χ3n) is 6.20. The Morgan fingerprint density at radius 1 is 0.639 bits per heavy atom. The zero-order chi connectivity index (χ0) is 25.5. The number of hydrogen-bond acceptors (Lipinski definition) is 4. The molecular formula is C28H28N6O2. The van der Waals surface area contributed by atoms with Gasteiger partial charge >= 0.3 is 0 Å². The second kappa shape index (κ2) is 8.64. The molecule has 2 amide bonds. The van der Waals surface area contributed by atoms with Crippen molar-refractivity contribution in [3.05, 3.63) is 95.6 Å². The maximum atomic E-state index is 13.1. The standard InChI is InChI=1S/C28H28N6O2/c1-27(2,25-29-19-12-5-6-13-20(19)30-25)33-23(35)17-10-9-11-18(16-17)24(36)34-28(3,4)26-31-21-14-7-8-15-22(21)32-26/h5-16H,1-4H3,(H,29,30)(H,31,32)(H,33,35)(H,34,36). The lowest BCUT2D eigenvalue weighted by atomic mass is 10.0. The van der Waals surface area contributed by atoms with Crippen LogP contribution in [0, 0.1) is 0 Å². The number of H-pyrrole nitrogens is 2. The summed E-state index contributed by atoms with van der Waals surface area (Å²) in [6.45, 7) is 7.54. The van der Waals surface area contributed by atoms with E-state index < -0.39 is 11.1 Å². The van der Waals surface area contributed by atoms with Crippen molar-refractivity contribution in [2.24, 2.45) is 0 Å². The van der Waals surface area contributed by atoms with Crippen LogP contribution in [0.3, 0.4) is 0 Å². The van der Waals surface area contributed by atoms with Crippen LogP contribution in [0.25, 0.3) is 22.1 Å². The summed E-state index contributed by atoms with van der Waals surface area (Å²) >= 11 is 0. The second-order valence-electron chi connectivity index (χ2n) is 9.94. The monoisotopic (exact) mass is 480 g/mol. The van der Waals surface area contributed by atoms with Crippen molar-refractivity contribution in [3.63, 3.8) is 0 Å². The third kappa shape index (κ3) is 4.45.